The summed E-state index contributed by atoms with van der Waals surface area (Å²) in [4.78, 5) is 25.0. The average molecular weight is 416 g/mol. The summed E-state index contributed by atoms with van der Waals surface area (Å²) < 4.78 is 7.51. The van der Waals surface area contributed by atoms with E-state index in [9.17, 15) is 9.90 Å². The van der Waals surface area contributed by atoms with Gasteiger partial charge in [-0.3, -0.25) is 0 Å². The Morgan fingerprint density at radius 3 is 2.89 bits per heavy atom. The van der Waals surface area contributed by atoms with Gasteiger partial charge in [-0.2, -0.15) is 9.97 Å². The Bertz CT molecular complexity index is 1200. The number of nitrogens with two attached hydrogens (primary N) is 1. The lowest BCUT2D eigenvalue weighted by atomic mass is 10.1. The number of fused-ring (bicyclic) bond motifs is 1. The Labute approximate surface area is 168 Å². The summed E-state index contributed by atoms with van der Waals surface area (Å²) in [5, 5.41) is 10.4. The third-order valence-corrected chi connectivity index (χ3v) is 5.29. The van der Waals surface area contributed by atoms with Crippen LogP contribution in [0.5, 0.6) is 6.01 Å². The van der Waals surface area contributed by atoms with Crippen molar-refractivity contribution in [1.29, 1.82) is 0 Å². The maximum atomic E-state index is 11.5. The van der Waals surface area contributed by atoms with E-state index in [-0.39, 0.29) is 23.2 Å². The Morgan fingerprint density at radius 1 is 1.39 bits per heavy atom. The molecule has 3 N–H and O–H groups in total. The number of imidazole rings is 1. The Balaban J connectivity index is 1.84. The SMILES string of the molecule is Cn1cnc(COc2nc(-c3cccc(Cl)c3)c3c(N)c(C(=O)O)sc3n2)c1. The molecule has 0 amide bonds. The molecule has 10 heteroatoms. The molecule has 0 saturated heterocycles. The van der Waals surface area contributed by atoms with Gasteiger partial charge in [0, 0.05) is 23.8 Å². The second-order valence-corrected chi connectivity index (χ2v) is 7.45. The van der Waals surface area contributed by atoms with E-state index in [2.05, 4.69) is 15.0 Å². The third kappa shape index (κ3) is 3.37. The lowest BCUT2D eigenvalue weighted by molar-refractivity contribution is 0.0703. The zero-order valence-corrected chi connectivity index (χ0v) is 16.2. The Hall–Kier alpha value is -3.17. The third-order valence-electron chi connectivity index (χ3n) is 3.97. The predicted octanol–water partition coefficient (Wildman–Crippen LogP) is 3.60. The van der Waals surface area contributed by atoms with Crippen LogP contribution in [0.4, 0.5) is 5.69 Å². The molecule has 4 rings (SSSR count). The summed E-state index contributed by atoms with van der Waals surface area (Å²) in [6, 6.07) is 7.16. The molecule has 3 heterocycles. The second kappa shape index (κ2) is 7.10. The molecule has 142 valence electrons. The van der Waals surface area contributed by atoms with Crippen molar-refractivity contribution < 1.29 is 14.6 Å². The van der Waals surface area contributed by atoms with Gasteiger partial charge in [0.25, 0.3) is 0 Å². The average Bonchev–Trinajstić information content (AvgIpc) is 3.22. The molecule has 0 aliphatic rings. The molecule has 4 aromatic rings. The van der Waals surface area contributed by atoms with Gasteiger partial charge in [-0.15, -0.1) is 11.3 Å². The first-order chi connectivity index (χ1) is 13.4. The van der Waals surface area contributed by atoms with E-state index in [0.29, 0.717) is 32.2 Å². The molecular formula is C18H14ClN5O3S. The molecule has 0 fully saturated rings. The van der Waals surface area contributed by atoms with Gasteiger partial charge in [0.1, 0.15) is 16.3 Å². The number of carboxylic acid groups (broad SMARTS) is 1. The van der Waals surface area contributed by atoms with Crippen LogP contribution >= 0.6 is 22.9 Å². The summed E-state index contributed by atoms with van der Waals surface area (Å²) in [6.07, 6.45) is 3.49. The highest BCUT2D eigenvalue weighted by atomic mass is 35.5. The molecule has 28 heavy (non-hydrogen) atoms. The van der Waals surface area contributed by atoms with Crippen LogP contribution in [0.15, 0.2) is 36.8 Å². The second-order valence-electron chi connectivity index (χ2n) is 6.01. The first kappa shape index (κ1) is 18.2. The van der Waals surface area contributed by atoms with Crippen molar-refractivity contribution in [3.8, 4) is 17.3 Å². The van der Waals surface area contributed by atoms with Gasteiger partial charge in [0.05, 0.1) is 28.8 Å². The molecule has 0 aliphatic heterocycles. The molecule has 0 aliphatic carbocycles. The quantitative estimate of drug-likeness (QED) is 0.511. The minimum Gasteiger partial charge on any atom is -0.477 e. The highest BCUT2D eigenvalue weighted by molar-refractivity contribution is 7.21. The van der Waals surface area contributed by atoms with Crippen molar-refractivity contribution in [3.63, 3.8) is 0 Å². The highest BCUT2D eigenvalue weighted by Crippen LogP contribution is 2.39. The molecule has 8 nitrogen and oxygen atoms in total. The zero-order valence-electron chi connectivity index (χ0n) is 14.6. The number of benzene rings is 1. The van der Waals surface area contributed by atoms with Crippen LogP contribution in [0.3, 0.4) is 0 Å². The van der Waals surface area contributed by atoms with Gasteiger partial charge >= 0.3 is 12.0 Å². The fourth-order valence-electron chi connectivity index (χ4n) is 2.75. The number of thiophene rings is 1. The lowest BCUT2D eigenvalue weighted by Crippen LogP contribution is -2.02. The van der Waals surface area contributed by atoms with Gasteiger partial charge in [-0.1, -0.05) is 23.7 Å². The number of anilines is 1. The molecule has 0 spiro atoms. The number of carbonyl (C=O) groups is 1. The van der Waals surface area contributed by atoms with Gasteiger partial charge in [-0.05, 0) is 12.1 Å². The number of carboxylic acids is 1. The van der Waals surface area contributed by atoms with E-state index in [1.54, 1.807) is 29.1 Å². The van der Waals surface area contributed by atoms with E-state index >= 15 is 0 Å². The Kier molecular flexibility index (Phi) is 4.62. The van der Waals surface area contributed by atoms with Crippen molar-refractivity contribution in [2.24, 2.45) is 7.05 Å². The first-order valence-corrected chi connectivity index (χ1v) is 9.30. The van der Waals surface area contributed by atoms with Gasteiger partial charge < -0.3 is 20.1 Å². The normalized spacial score (nSPS) is 11.1. The smallest absolute Gasteiger partial charge is 0.348 e. The van der Waals surface area contributed by atoms with Crippen molar-refractivity contribution in [3.05, 3.63) is 52.4 Å². The molecule has 3 aromatic heterocycles. The van der Waals surface area contributed by atoms with Crippen LogP contribution in [0.25, 0.3) is 21.5 Å². The van der Waals surface area contributed by atoms with E-state index in [0.717, 1.165) is 11.3 Å². The van der Waals surface area contributed by atoms with Crippen LogP contribution in [0.2, 0.25) is 5.02 Å². The summed E-state index contributed by atoms with van der Waals surface area (Å²) in [5.41, 5.74) is 8.08. The fourth-order valence-corrected chi connectivity index (χ4v) is 3.87. The minimum absolute atomic E-state index is 0.00875. The van der Waals surface area contributed by atoms with Crippen LogP contribution in [-0.2, 0) is 13.7 Å². The lowest BCUT2D eigenvalue weighted by Gasteiger charge is -2.08. The maximum absolute atomic E-state index is 11.5. The number of aromatic carboxylic acids is 1. The van der Waals surface area contributed by atoms with Gasteiger partial charge in [0.2, 0.25) is 0 Å². The largest absolute Gasteiger partial charge is 0.477 e. The van der Waals surface area contributed by atoms with Crippen LogP contribution in [-0.4, -0.2) is 30.6 Å². The van der Waals surface area contributed by atoms with Gasteiger partial charge in [-0.25, -0.2) is 9.78 Å². The van der Waals surface area contributed by atoms with E-state index in [4.69, 9.17) is 22.1 Å². The van der Waals surface area contributed by atoms with E-state index in [1.807, 2.05) is 19.3 Å². The van der Waals surface area contributed by atoms with Crippen molar-refractivity contribution in [2.75, 3.05) is 5.73 Å². The number of aromatic nitrogens is 4. The van der Waals surface area contributed by atoms with Crippen LogP contribution < -0.4 is 10.5 Å². The molecule has 0 radical (unpaired) electrons. The molecule has 0 saturated carbocycles. The van der Waals surface area contributed by atoms with Crippen molar-refractivity contribution in [2.45, 2.75) is 6.61 Å². The highest BCUT2D eigenvalue weighted by Gasteiger charge is 2.22. The van der Waals surface area contributed by atoms with E-state index in [1.165, 1.54) is 0 Å². The molecule has 0 bridgehead atoms. The minimum atomic E-state index is -1.12. The number of nitrogens with zero attached hydrogens (tertiary/aromatic N) is 4. The van der Waals surface area contributed by atoms with Gasteiger partial charge in [0.15, 0.2) is 0 Å². The van der Waals surface area contributed by atoms with Crippen molar-refractivity contribution in [1.82, 2.24) is 19.5 Å². The summed E-state index contributed by atoms with van der Waals surface area (Å²) in [7, 11) is 1.86. The van der Waals surface area contributed by atoms with Crippen LogP contribution in [0, 0.1) is 0 Å². The Morgan fingerprint density at radius 2 is 2.21 bits per heavy atom. The molecular weight excluding hydrogens is 402 g/mol. The number of nitrogen functional groups attached to an aromatic ring is 1. The summed E-state index contributed by atoms with van der Waals surface area (Å²) in [5.74, 6) is -1.12. The van der Waals surface area contributed by atoms with E-state index < -0.39 is 5.97 Å². The monoisotopic (exact) mass is 415 g/mol. The number of hydrogen-bond donors (Lipinski definition) is 2. The standard InChI is InChI=1S/C18H14ClN5O3S/c1-24-6-11(21-8-24)7-27-18-22-14(9-3-2-4-10(19)5-9)12-13(20)15(17(25)26)28-16(12)23-18/h2-6,8H,7,20H2,1H3,(H,25,26). The summed E-state index contributed by atoms with van der Waals surface area (Å²) in [6.45, 7) is 0.175. The zero-order chi connectivity index (χ0) is 19.8. The fraction of sp³-hybridized carbons (Fsp3) is 0.111. The number of ether oxygens (including phenoxy) is 1. The first-order valence-electron chi connectivity index (χ1n) is 8.11. The molecule has 0 atom stereocenters. The number of halogens is 1. The molecule has 0 unspecified atom stereocenters. The van der Waals surface area contributed by atoms with Crippen molar-refractivity contribution >= 4 is 44.8 Å². The number of hydrogen-bond acceptors (Lipinski definition) is 7. The number of rotatable bonds is 5. The maximum Gasteiger partial charge on any atom is 0.348 e. The summed E-state index contributed by atoms with van der Waals surface area (Å²) >= 11 is 7.09. The topological polar surface area (TPSA) is 116 Å². The number of aryl methyl sites for hydroxylation is 1. The van der Waals surface area contributed by atoms with Crippen LogP contribution in [0.1, 0.15) is 15.4 Å². The predicted molar refractivity (Wildman–Crippen MR) is 107 cm³/mol. The molecule has 1 aromatic carbocycles.